The number of aromatic nitrogens is 1. The third-order valence-electron chi connectivity index (χ3n) is 3.27. The maximum atomic E-state index is 10.5. The summed E-state index contributed by atoms with van der Waals surface area (Å²) in [5.74, 6) is 0.0353. The second kappa shape index (κ2) is 5.49. The maximum Gasteiger partial charge on any atom is 0.303 e. The Bertz CT molecular complexity index is 392. The summed E-state index contributed by atoms with van der Waals surface area (Å²) < 4.78 is 0. The Morgan fingerprint density at radius 3 is 3.18 bits per heavy atom. The molecule has 4 nitrogen and oxygen atoms in total. The zero-order valence-corrected chi connectivity index (χ0v) is 10.9. The number of carboxylic acid groups (broad SMARTS) is 1. The molecule has 5 heteroatoms. The van der Waals surface area contributed by atoms with E-state index in [0.717, 1.165) is 29.8 Å². The predicted molar refractivity (Wildman–Crippen MR) is 68.7 cm³/mol. The van der Waals surface area contributed by atoms with Gasteiger partial charge in [-0.1, -0.05) is 13.3 Å². The van der Waals surface area contributed by atoms with Crippen LogP contribution in [-0.2, 0) is 11.2 Å². The number of aliphatic carboxylic acids is 1. The van der Waals surface area contributed by atoms with Gasteiger partial charge in [-0.15, -0.1) is 11.3 Å². The Morgan fingerprint density at radius 2 is 2.53 bits per heavy atom. The van der Waals surface area contributed by atoms with Crippen LogP contribution >= 0.6 is 11.3 Å². The number of carbonyl (C=O) groups is 1. The van der Waals surface area contributed by atoms with Crippen molar-refractivity contribution in [1.29, 1.82) is 0 Å². The highest BCUT2D eigenvalue weighted by molar-refractivity contribution is 7.13. The standard InChI is InChI=1S/C12H18N2O2S/c1-2-9-5-6-14(7-9)12-13-10(8-17-12)3-4-11(15)16/h8-9H,2-7H2,1H3,(H,15,16). The second-order valence-electron chi connectivity index (χ2n) is 4.52. The minimum Gasteiger partial charge on any atom is -0.481 e. The third-order valence-corrected chi connectivity index (χ3v) is 4.22. The topological polar surface area (TPSA) is 53.4 Å². The van der Waals surface area contributed by atoms with Gasteiger partial charge in [0.2, 0.25) is 0 Å². The predicted octanol–water partition coefficient (Wildman–Crippen LogP) is 2.40. The zero-order chi connectivity index (χ0) is 12.3. The number of hydrogen-bond donors (Lipinski definition) is 1. The smallest absolute Gasteiger partial charge is 0.303 e. The molecule has 1 aromatic heterocycles. The van der Waals surface area contributed by atoms with Gasteiger partial charge in [0, 0.05) is 24.9 Å². The number of carboxylic acids is 1. The van der Waals surface area contributed by atoms with Gasteiger partial charge >= 0.3 is 5.97 Å². The van der Waals surface area contributed by atoms with Gasteiger partial charge in [-0.05, 0) is 12.3 Å². The molecule has 0 bridgehead atoms. The van der Waals surface area contributed by atoms with Gasteiger partial charge < -0.3 is 10.0 Å². The first kappa shape index (κ1) is 12.4. The van der Waals surface area contributed by atoms with Crippen LogP contribution < -0.4 is 4.90 Å². The quantitative estimate of drug-likeness (QED) is 0.876. The molecule has 17 heavy (non-hydrogen) atoms. The fourth-order valence-electron chi connectivity index (χ4n) is 2.13. The minimum absolute atomic E-state index is 0.167. The van der Waals surface area contributed by atoms with Gasteiger partial charge in [-0.3, -0.25) is 4.79 Å². The lowest BCUT2D eigenvalue weighted by molar-refractivity contribution is -0.136. The van der Waals surface area contributed by atoms with Crippen molar-refractivity contribution in [2.45, 2.75) is 32.6 Å². The summed E-state index contributed by atoms with van der Waals surface area (Å²) >= 11 is 1.63. The average molecular weight is 254 g/mol. The van der Waals surface area contributed by atoms with Crippen LogP contribution in [0.1, 0.15) is 31.9 Å². The summed E-state index contributed by atoms with van der Waals surface area (Å²) in [6.45, 7) is 4.42. The van der Waals surface area contributed by atoms with Crippen molar-refractivity contribution in [3.05, 3.63) is 11.1 Å². The van der Waals surface area contributed by atoms with Crippen LogP contribution in [0, 0.1) is 5.92 Å². The summed E-state index contributed by atoms with van der Waals surface area (Å²) in [6, 6.07) is 0. The molecule has 1 aromatic rings. The van der Waals surface area contributed by atoms with Crippen LogP contribution in [0.15, 0.2) is 5.38 Å². The zero-order valence-electron chi connectivity index (χ0n) is 10.1. The Kier molecular flexibility index (Phi) is 3.99. The van der Waals surface area contributed by atoms with Crippen LogP contribution in [0.25, 0.3) is 0 Å². The Morgan fingerprint density at radius 1 is 1.71 bits per heavy atom. The fraction of sp³-hybridized carbons (Fsp3) is 0.667. The van der Waals surface area contributed by atoms with E-state index < -0.39 is 5.97 Å². The number of aryl methyl sites for hydroxylation is 1. The second-order valence-corrected chi connectivity index (χ2v) is 5.36. The molecule has 2 heterocycles. The number of thiazole rings is 1. The molecule has 1 unspecified atom stereocenters. The van der Waals surface area contributed by atoms with E-state index >= 15 is 0 Å². The van der Waals surface area contributed by atoms with Crippen molar-refractivity contribution in [2.24, 2.45) is 5.92 Å². The van der Waals surface area contributed by atoms with Gasteiger partial charge in [0.15, 0.2) is 5.13 Å². The first-order chi connectivity index (χ1) is 8.19. The van der Waals surface area contributed by atoms with Crippen molar-refractivity contribution in [3.8, 4) is 0 Å². The summed E-state index contributed by atoms with van der Waals surface area (Å²) in [7, 11) is 0. The highest BCUT2D eigenvalue weighted by atomic mass is 32.1. The highest BCUT2D eigenvalue weighted by Gasteiger charge is 2.23. The van der Waals surface area contributed by atoms with Crippen LogP contribution in [0.4, 0.5) is 5.13 Å². The molecule has 0 saturated carbocycles. The van der Waals surface area contributed by atoms with Crippen LogP contribution in [0.5, 0.6) is 0 Å². The van der Waals surface area contributed by atoms with Gasteiger partial charge in [0.25, 0.3) is 0 Å². The first-order valence-corrected chi connectivity index (χ1v) is 6.98. The Balaban J connectivity index is 1.92. The van der Waals surface area contributed by atoms with E-state index in [-0.39, 0.29) is 6.42 Å². The van der Waals surface area contributed by atoms with Crippen molar-refractivity contribution < 1.29 is 9.90 Å². The van der Waals surface area contributed by atoms with E-state index in [0.29, 0.717) is 6.42 Å². The number of hydrogen-bond acceptors (Lipinski definition) is 4. The molecule has 1 saturated heterocycles. The van der Waals surface area contributed by atoms with E-state index in [4.69, 9.17) is 5.11 Å². The SMILES string of the molecule is CCC1CCN(c2nc(CCC(=O)O)cs2)C1. The van der Waals surface area contributed by atoms with Gasteiger partial charge in [0.05, 0.1) is 12.1 Å². The van der Waals surface area contributed by atoms with E-state index in [1.54, 1.807) is 11.3 Å². The fourth-order valence-corrected chi connectivity index (χ4v) is 3.03. The van der Waals surface area contributed by atoms with Gasteiger partial charge in [-0.25, -0.2) is 4.98 Å². The summed E-state index contributed by atoms with van der Waals surface area (Å²) in [4.78, 5) is 17.3. The van der Waals surface area contributed by atoms with Crippen molar-refractivity contribution in [2.75, 3.05) is 18.0 Å². The first-order valence-electron chi connectivity index (χ1n) is 6.10. The molecule has 1 atom stereocenters. The average Bonchev–Trinajstić information content (AvgIpc) is 2.94. The molecule has 1 N–H and O–H groups in total. The number of anilines is 1. The van der Waals surface area contributed by atoms with Crippen LogP contribution in [0.3, 0.4) is 0 Å². The highest BCUT2D eigenvalue weighted by Crippen LogP contribution is 2.28. The van der Waals surface area contributed by atoms with E-state index in [1.807, 2.05) is 5.38 Å². The van der Waals surface area contributed by atoms with E-state index in [2.05, 4.69) is 16.8 Å². The lowest BCUT2D eigenvalue weighted by Gasteiger charge is -2.13. The monoisotopic (exact) mass is 254 g/mol. The molecule has 1 fully saturated rings. The van der Waals surface area contributed by atoms with E-state index in [9.17, 15) is 4.79 Å². The molecular weight excluding hydrogens is 236 g/mol. The van der Waals surface area contributed by atoms with Gasteiger partial charge in [0.1, 0.15) is 0 Å². The van der Waals surface area contributed by atoms with Crippen LogP contribution in [0.2, 0.25) is 0 Å². The van der Waals surface area contributed by atoms with Crippen molar-refractivity contribution in [3.63, 3.8) is 0 Å². The summed E-state index contributed by atoms with van der Waals surface area (Å²) in [5.41, 5.74) is 0.910. The van der Waals surface area contributed by atoms with Crippen molar-refractivity contribution in [1.82, 2.24) is 4.98 Å². The molecule has 2 rings (SSSR count). The molecule has 0 aliphatic carbocycles. The molecule has 0 spiro atoms. The lowest BCUT2D eigenvalue weighted by atomic mass is 10.1. The summed E-state index contributed by atoms with van der Waals surface area (Å²) in [6.07, 6.45) is 3.19. The molecule has 1 aliphatic rings. The number of rotatable bonds is 5. The third kappa shape index (κ3) is 3.19. The summed E-state index contributed by atoms with van der Waals surface area (Å²) in [5, 5.41) is 11.7. The normalized spacial score (nSPS) is 19.8. The molecule has 1 aliphatic heterocycles. The molecule has 0 amide bonds. The van der Waals surface area contributed by atoms with Crippen molar-refractivity contribution >= 4 is 22.4 Å². The molecule has 94 valence electrons. The van der Waals surface area contributed by atoms with Crippen LogP contribution in [-0.4, -0.2) is 29.1 Å². The largest absolute Gasteiger partial charge is 0.481 e. The van der Waals surface area contributed by atoms with E-state index in [1.165, 1.54) is 12.8 Å². The minimum atomic E-state index is -0.758. The Labute approximate surface area is 105 Å². The molecule has 0 aromatic carbocycles. The number of nitrogens with zero attached hydrogens (tertiary/aromatic N) is 2. The maximum absolute atomic E-state index is 10.5. The lowest BCUT2D eigenvalue weighted by Crippen LogP contribution is -2.19. The molecular formula is C12H18N2O2S. The Hall–Kier alpha value is -1.10. The van der Waals surface area contributed by atoms with Gasteiger partial charge in [-0.2, -0.15) is 0 Å². The molecule has 0 radical (unpaired) electrons.